The Balaban J connectivity index is 2.01. The van der Waals surface area contributed by atoms with Gasteiger partial charge in [-0.25, -0.2) is 4.39 Å². The van der Waals surface area contributed by atoms with Crippen molar-refractivity contribution in [2.45, 2.75) is 25.8 Å². The van der Waals surface area contributed by atoms with Crippen LogP contribution < -0.4 is 10.6 Å². The van der Waals surface area contributed by atoms with E-state index in [1.165, 1.54) is 12.1 Å². The second kappa shape index (κ2) is 5.27. The fraction of sp³-hybridized carbons (Fsp3) is 0.462. The highest BCUT2D eigenvalue weighted by Crippen LogP contribution is 2.10. The summed E-state index contributed by atoms with van der Waals surface area (Å²) >= 11 is 0. The molecule has 0 aliphatic carbocycles. The van der Waals surface area contributed by atoms with Crippen LogP contribution in [0, 0.1) is 12.7 Å². The molecule has 0 spiro atoms. The van der Waals surface area contributed by atoms with Crippen LogP contribution in [0.1, 0.15) is 28.8 Å². The Bertz CT molecular complexity index is 414. The Hall–Kier alpha value is -1.42. The Kier molecular flexibility index (Phi) is 3.74. The molecule has 2 rings (SSSR count). The average Bonchev–Trinajstić information content (AvgIpc) is 2.34. The van der Waals surface area contributed by atoms with Crippen molar-refractivity contribution < 1.29 is 9.18 Å². The maximum atomic E-state index is 13.1. The molecule has 4 heteroatoms. The molecule has 17 heavy (non-hydrogen) atoms. The molecule has 3 nitrogen and oxygen atoms in total. The molecular weight excluding hydrogens is 219 g/mol. The number of hydrogen-bond donors (Lipinski definition) is 2. The summed E-state index contributed by atoms with van der Waals surface area (Å²) in [4.78, 5) is 11.9. The van der Waals surface area contributed by atoms with Crippen LogP contribution in [0.3, 0.4) is 0 Å². The van der Waals surface area contributed by atoms with Crippen LogP contribution >= 0.6 is 0 Å². The van der Waals surface area contributed by atoms with Crippen LogP contribution in [-0.2, 0) is 0 Å². The van der Waals surface area contributed by atoms with Gasteiger partial charge >= 0.3 is 0 Å². The molecule has 1 amide bonds. The van der Waals surface area contributed by atoms with E-state index in [9.17, 15) is 9.18 Å². The van der Waals surface area contributed by atoms with Gasteiger partial charge in [-0.15, -0.1) is 0 Å². The van der Waals surface area contributed by atoms with Crippen molar-refractivity contribution in [1.29, 1.82) is 0 Å². The van der Waals surface area contributed by atoms with Crippen LogP contribution in [0.4, 0.5) is 4.39 Å². The molecule has 1 heterocycles. The molecule has 0 bridgehead atoms. The van der Waals surface area contributed by atoms with Gasteiger partial charge in [0.15, 0.2) is 0 Å². The number of halogens is 1. The van der Waals surface area contributed by atoms with Crippen LogP contribution in [0.2, 0.25) is 0 Å². The van der Waals surface area contributed by atoms with Gasteiger partial charge in [-0.05, 0) is 50.1 Å². The number of rotatable bonds is 2. The summed E-state index contributed by atoms with van der Waals surface area (Å²) in [5.41, 5.74) is 1.02. The fourth-order valence-electron chi connectivity index (χ4n) is 2.03. The summed E-state index contributed by atoms with van der Waals surface area (Å²) < 4.78 is 13.1. The predicted octanol–water partition coefficient (Wildman–Crippen LogP) is 1.62. The molecule has 1 fully saturated rings. The van der Waals surface area contributed by atoms with Gasteiger partial charge in [0, 0.05) is 18.2 Å². The van der Waals surface area contributed by atoms with Gasteiger partial charge in [-0.2, -0.15) is 0 Å². The van der Waals surface area contributed by atoms with Gasteiger partial charge in [-0.1, -0.05) is 0 Å². The van der Waals surface area contributed by atoms with Gasteiger partial charge in [0.2, 0.25) is 0 Å². The maximum absolute atomic E-state index is 13.1. The van der Waals surface area contributed by atoms with E-state index in [4.69, 9.17) is 0 Å². The van der Waals surface area contributed by atoms with E-state index in [0.717, 1.165) is 25.9 Å². The Morgan fingerprint density at radius 1 is 1.53 bits per heavy atom. The number of piperidine rings is 1. The number of hydrogen-bond acceptors (Lipinski definition) is 2. The van der Waals surface area contributed by atoms with Crippen molar-refractivity contribution in [3.05, 3.63) is 35.1 Å². The van der Waals surface area contributed by atoms with E-state index in [2.05, 4.69) is 10.6 Å². The smallest absolute Gasteiger partial charge is 0.251 e. The van der Waals surface area contributed by atoms with Crippen LogP contribution in [0.5, 0.6) is 0 Å². The molecule has 0 radical (unpaired) electrons. The molecule has 0 saturated carbocycles. The minimum Gasteiger partial charge on any atom is -0.348 e. The molecule has 1 aromatic rings. The third-order valence-corrected chi connectivity index (χ3v) is 3.05. The normalized spacial score (nSPS) is 20.0. The maximum Gasteiger partial charge on any atom is 0.251 e. The molecule has 1 aliphatic rings. The highest BCUT2D eigenvalue weighted by Gasteiger charge is 2.16. The number of amides is 1. The van der Waals surface area contributed by atoms with E-state index >= 15 is 0 Å². The van der Waals surface area contributed by atoms with Gasteiger partial charge in [-0.3, -0.25) is 4.79 Å². The van der Waals surface area contributed by atoms with Crippen molar-refractivity contribution in [1.82, 2.24) is 10.6 Å². The third-order valence-electron chi connectivity index (χ3n) is 3.05. The second-order valence-corrected chi connectivity index (χ2v) is 4.48. The lowest BCUT2D eigenvalue weighted by Crippen LogP contribution is -2.45. The molecule has 1 saturated heterocycles. The van der Waals surface area contributed by atoms with E-state index in [1.807, 2.05) is 0 Å². The van der Waals surface area contributed by atoms with E-state index in [-0.39, 0.29) is 17.8 Å². The number of aryl methyl sites for hydroxylation is 1. The molecule has 1 atom stereocenters. The second-order valence-electron chi connectivity index (χ2n) is 4.48. The van der Waals surface area contributed by atoms with E-state index in [0.29, 0.717) is 11.1 Å². The topological polar surface area (TPSA) is 41.1 Å². The Morgan fingerprint density at radius 2 is 2.35 bits per heavy atom. The first-order valence-corrected chi connectivity index (χ1v) is 5.94. The first-order valence-electron chi connectivity index (χ1n) is 5.94. The molecule has 1 aromatic carbocycles. The zero-order valence-corrected chi connectivity index (χ0v) is 9.92. The van der Waals surface area contributed by atoms with E-state index < -0.39 is 0 Å². The van der Waals surface area contributed by atoms with E-state index in [1.54, 1.807) is 13.0 Å². The third kappa shape index (κ3) is 3.03. The first-order chi connectivity index (χ1) is 8.16. The predicted molar refractivity (Wildman–Crippen MR) is 64.5 cm³/mol. The number of nitrogens with one attached hydrogen (secondary N) is 2. The van der Waals surface area contributed by atoms with Crippen LogP contribution in [-0.4, -0.2) is 25.0 Å². The highest BCUT2D eigenvalue weighted by molar-refractivity contribution is 5.94. The fourth-order valence-corrected chi connectivity index (χ4v) is 2.03. The van der Waals surface area contributed by atoms with Crippen LogP contribution in [0.15, 0.2) is 18.2 Å². The molecule has 0 unspecified atom stereocenters. The summed E-state index contributed by atoms with van der Waals surface area (Å²) in [7, 11) is 0. The average molecular weight is 236 g/mol. The summed E-state index contributed by atoms with van der Waals surface area (Å²) in [6.07, 6.45) is 2.08. The van der Waals surface area contributed by atoms with Gasteiger partial charge in [0.05, 0.1) is 0 Å². The van der Waals surface area contributed by atoms with Crippen molar-refractivity contribution in [3.8, 4) is 0 Å². The molecule has 2 N–H and O–H groups in total. The van der Waals surface area contributed by atoms with Gasteiger partial charge in [0.25, 0.3) is 5.91 Å². The minimum atomic E-state index is -0.277. The van der Waals surface area contributed by atoms with Crippen molar-refractivity contribution in [3.63, 3.8) is 0 Å². The lowest BCUT2D eigenvalue weighted by atomic mass is 10.1. The summed E-state index contributed by atoms with van der Waals surface area (Å²) in [6, 6.07) is 4.62. The largest absolute Gasteiger partial charge is 0.348 e. The Labute approximate surface area is 100 Å². The SMILES string of the molecule is Cc1cc(C(=O)N[C@@H]2CCCNC2)ccc1F. The number of carbonyl (C=O) groups is 1. The number of carbonyl (C=O) groups excluding carboxylic acids is 1. The quantitative estimate of drug-likeness (QED) is 0.819. The summed E-state index contributed by atoms with van der Waals surface area (Å²) in [6.45, 7) is 3.49. The summed E-state index contributed by atoms with van der Waals surface area (Å²) in [5, 5.41) is 6.20. The lowest BCUT2D eigenvalue weighted by Gasteiger charge is -2.23. The lowest BCUT2D eigenvalue weighted by molar-refractivity contribution is 0.0930. The first kappa shape index (κ1) is 12.0. The molecule has 0 aromatic heterocycles. The molecule has 1 aliphatic heterocycles. The van der Waals surface area contributed by atoms with Gasteiger partial charge < -0.3 is 10.6 Å². The summed E-state index contributed by atoms with van der Waals surface area (Å²) in [5.74, 6) is -0.400. The zero-order chi connectivity index (χ0) is 12.3. The Morgan fingerprint density at radius 3 is 3.00 bits per heavy atom. The van der Waals surface area contributed by atoms with Crippen molar-refractivity contribution in [2.24, 2.45) is 0 Å². The van der Waals surface area contributed by atoms with Crippen molar-refractivity contribution >= 4 is 5.91 Å². The number of benzene rings is 1. The minimum absolute atomic E-state index is 0.123. The van der Waals surface area contributed by atoms with Crippen LogP contribution in [0.25, 0.3) is 0 Å². The monoisotopic (exact) mass is 236 g/mol. The standard InChI is InChI=1S/C13H17FN2O/c1-9-7-10(4-5-12(9)14)13(17)16-11-3-2-6-15-8-11/h4-5,7,11,15H,2-3,6,8H2,1H3,(H,16,17)/t11-/m1/s1. The van der Waals surface area contributed by atoms with Gasteiger partial charge in [0.1, 0.15) is 5.82 Å². The molecular formula is C13H17FN2O. The highest BCUT2D eigenvalue weighted by atomic mass is 19.1. The zero-order valence-electron chi connectivity index (χ0n) is 9.92. The molecule has 92 valence electrons. The van der Waals surface area contributed by atoms with Crippen molar-refractivity contribution in [2.75, 3.05) is 13.1 Å².